The highest BCUT2D eigenvalue weighted by molar-refractivity contribution is 7.99. The normalized spacial score (nSPS) is 13.4. The first kappa shape index (κ1) is 22.2. The van der Waals surface area contributed by atoms with Crippen molar-refractivity contribution in [1.82, 2.24) is 14.1 Å². The molecular weight excluding hydrogens is 450 g/mol. The Bertz CT molecular complexity index is 1410. The van der Waals surface area contributed by atoms with Crippen LogP contribution >= 0.6 is 23.1 Å². The van der Waals surface area contributed by atoms with Crippen LogP contribution in [-0.2, 0) is 19.4 Å². The number of thiophene rings is 1. The lowest BCUT2D eigenvalue weighted by Crippen LogP contribution is -2.23. The third kappa shape index (κ3) is 3.87. The van der Waals surface area contributed by atoms with E-state index in [9.17, 15) is 9.59 Å². The van der Waals surface area contributed by atoms with Crippen LogP contribution in [-0.4, -0.2) is 25.7 Å². The number of hydrogen-bond acceptors (Lipinski definition) is 5. The lowest BCUT2D eigenvalue weighted by atomic mass is 9.97. The maximum absolute atomic E-state index is 13.3. The van der Waals surface area contributed by atoms with Gasteiger partial charge < -0.3 is 4.57 Å². The molecule has 0 saturated heterocycles. The van der Waals surface area contributed by atoms with Gasteiger partial charge in [0.25, 0.3) is 5.56 Å². The van der Waals surface area contributed by atoms with Gasteiger partial charge in [0, 0.05) is 34.1 Å². The minimum Gasteiger partial charge on any atom is -0.318 e. The summed E-state index contributed by atoms with van der Waals surface area (Å²) in [6, 6.07) is 12.0. The number of nitrogens with zero attached hydrogens (tertiary/aromatic N) is 3. The second kappa shape index (κ2) is 8.95. The number of aryl methyl sites for hydroxylation is 3. The summed E-state index contributed by atoms with van der Waals surface area (Å²) in [5.74, 6) is 0.306. The molecule has 3 aromatic heterocycles. The molecule has 0 atom stereocenters. The van der Waals surface area contributed by atoms with Gasteiger partial charge in [0.15, 0.2) is 10.9 Å². The van der Waals surface area contributed by atoms with Crippen molar-refractivity contribution in [2.24, 2.45) is 0 Å². The summed E-state index contributed by atoms with van der Waals surface area (Å²) in [5, 5.41) is 1.44. The molecule has 1 aliphatic rings. The largest absolute Gasteiger partial charge is 0.318 e. The lowest BCUT2D eigenvalue weighted by Gasteiger charge is -2.12. The molecule has 0 amide bonds. The minimum atomic E-state index is 0.0408. The number of thioether (sulfide) groups is 1. The molecule has 0 bridgehead atoms. The van der Waals surface area contributed by atoms with Crippen molar-refractivity contribution in [1.29, 1.82) is 0 Å². The molecule has 0 saturated carbocycles. The number of carbonyl (C=O) groups is 1. The first-order valence-corrected chi connectivity index (χ1v) is 13.2. The van der Waals surface area contributed by atoms with E-state index in [-0.39, 0.29) is 17.1 Å². The highest BCUT2D eigenvalue weighted by Crippen LogP contribution is 2.35. The van der Waals surface area contributed by atoms with E-state index in [4.69, 9.17) is 4.98 Å². The van der Waals surface area contributed by atoms with E-state index in [1.54, 1.807) is 15.9 Å². The van der Waals surface area contributed by atoms with Gasteiger partial charge in [-0.1, -0.05) is 30.0 Å². The Labute approximate surface area is 201 Å². The zero-order valence-electron chi connectivity index (χ0n) is 19.2. The number of ketones is 1. The van der Waals surface area contributed by atoms with Gasteiger partial charge in [-0.2, -0.15) is 0 Å². The van der Waals surface area contributed by atoms with Gasteiger partial charge in [-0.25, -0.2) is 4.98 Å². The molecule has 5 nitrogen and oxygen atoms in total. The molecule has 7 heteroatoms. The molecule has 4 aromatic rings. The van der Waals surface area contributed by atoms with E-state index in [0.717, 1.165) is 52.1 Å². The van der Waals surface area contributed by atoms with E-state index >= 15 is 0 Å². The predicted octanol–water partition coefficient (Wildman–Crippen LogP) is 5.74. The standard InChI is InChI=1S/C26H27N3O2S2/c1-4-28-25(31)23-19-12-8-9-13-22(19)33-24(23)27-26(28)32-15-21(30)20-14-16(2)29(17(20)3)18-10-6-5-7-11-18/h5-7,10-11,14H,4,8-9,12-13,15H2,1-3H3. The summed E-state index contributed by atoms with van der Waals surface area (Å²) >= 11 is 3.03. The van der Waals surface area contributed by atoms with E-state index < -0.39 is 0 Å². The summed E-state index contributed by atoms with van der Waals surface area (Å²) in [6.07, 6.45) is 4.33. The molecule has 1 aliphatic carbocycles. The van der Waals surface area contributed by atoms with E-state index in [2.05, 4.69) is 4.57 Å². The van der Waals surface area contributed by atoms with Crippen molar-refractivity contribution < 1.29 is 4.79 Å². The molecule has 5 rings (SSSR count). The molecule has 0 aliphatic heterocycles. The first-order valence-electron chi connectivity index (χ1n) is 11.4. The Hall–Kier alpha value is -2.64. The number of benzene rings is 1. The zero-order valence-corrected chi connectivity index (χ0v) is 20.8. The minimum absolute atomic E-state index is 0.0408. The van der Waals surface area contributed by atoms with Crippen LogP contribution in [0.25, 0.3) is 15.9 Å². The average Bonchev–Trinajstić information content (AvgIpc) is 3.34. The van der Waals surface area contributed by atoms with Gasteiger partial charge in [-0.05, 0) is 70.2 Å². The van der Waals surface area contributed by atoms with Crippen LogP contribution in [0, 0.1) is 13.8 Å². The highest BCUT2D eigenvalue weighted by atomic mass is 32.2. The maximum Gasteiger partial charge on any atom is 0.263 e. The molecular formula is C26H27N3O2S2. The number of para-hydroxylation sites is 1. The molecule has 0 N–H and O–H groups in total. The Kier molecular flexibility index (Phi) is 6.01. The van der Waals surface area contributed by atoms with Gasteiger partial charge in [0.2, 0.25) is 0 Å². The van der Waals surface area contributed by atoms with Crippen molar-refractivity contribution in [3.05, 3.63) is 74.1 Å². The van der Waals surface area contributed by atoms with Gasteiger partial charge in [-0.15, -0.1) is 11.3 Å². The predicted molar refractivity (Wildman–Crippen MR) is 136 cm³/mol. The van der Waals surface area contributed by atoms with Gasteiger partial charge in [0.1, 0.15) is 4.83 Å². The number of carbonyl (C=O) groups excluding carboxylic acids is 1. The van der Waals surface area contributed by atoms with Crippen LogP contribution in [0.3, 0.4) is 0 Å². The van der Waals surface area contributed by atoms with E-state index in [1.807, 2.05) is 57.2 Å². The number of aromatic nitrogens is 3. The van der Waals surface area contributed by atoms with Crippen LogP contribution in [0.15, 0.2) is 46.3 Å². The summed E-state index contributed by atoms with van der Waals surface area (Å²) in [4.78, 5) is 33.5. The van der Waals surface area contributed by atoms with E-state index in [1.165, 1.54) is 28.6 Å². The summed E-state index contributed by atoms with van der Waals surface area (Å²) in [7, 11) is 0. The number of rotatable bonds is 6. The van der Waals surface area contributed by atoms with Gasteiger partial charge in [-0.3, -0.25) is 14.2 Å². The Morgan fingerprint density at radius 3 is 2.67 bits per heavy atom. The zero-order chi connectivity index (χ0) is 23.1. The second-order valence-corrected chi connectivity index (χ2v) is 10.5. The monoisotopic (exact) mass is 477 g/mol. The van der Waals surface area contributed by atoms with Crippen molar-refractivity contribution in [2.75, 3.05) is 5.75 Å². The van der Waals surface area contributed by atoms with Crippen LogP contribution in [0.2, 0.25) is 0 Å². The third-order valence-electron chi connectivity index (χ3n) is 6.43. The maximum atomic E-state index is 13.3. The average molecular weight is 478 g/mol. The van der Waals surface area contributed by atoms with Crippen molar-refractivity contribution in [2.45, 2.75) is 58.2 Å². The number of Topliss-reactive ketones (excluding diaryl/α,β-unsaturated/α-hetero) is 1. The molecule has 0 unspecified atom stereocenters. The highest BCUT2D eigenvalue weighted by Gasteiger charge is 2.23. The fourth-order valence-corrected chi connectivity index (χ4v) is 7.09. The quantitative estimate of drug-likeness (QED) is 0.202. The third-order valence-corrected chi connectivity index (χ3v) is 8.60. The molecule has 0 fully saturated rings. The Morgan fingerprint density at radius 1 is 1.15 bits per heavy atom. The fraction of sp³-hybridized carbons (Fsp3) is 0.346. The van der Waals surface area contributed by atoms with E-state index in [0.29, 0.717) is 11.7 Å². The molecule has 0 spiro atoms. The van der Waals surface area contributed by atoms with Gasteiger partial charge in [0.05, 0.1) is 11.1 Å². The number of hydrogen-bond donors (Lipinski definition) is 0. The smallest absolute Gasteiger partial charge is 0.263 e. The summed E-state index contributed by atoms with van der Waals surface area (Å²) in [5.41, 5.74) is 4.99. The summed E-state index contributed by atoms with van der Waals surface area (Å²) in [6.45, 7) is 6.52. The van der Waals surface area contributed by atoms with Gasteiger partial charge >= 0.3 is 0 Å². The topological polar surface area (TPSA) is 56.9 Å². The van der Waals surface area contributed by atoms with Crippen LogP contribution in [0.1, 0.15) is 52.0 Å². The van der Waals surface area contributed by atoms with Crippen LogP contribution in [0.5, 0.6) is 0 Å². The summed E-state index contributed by atoms with van der Waals surface area (Å²) < 4.78 is 3.84. The molecule has 3 heterocycles. The Balaban J connectivity index is 1.45. The molecule has 33 heavy (non-hydrogen) atoms. The molecule has 1 aromatic carbocycles. The van der Waals surface area contributed by atoms with Crippen molar-refractivity contribution in [3.8, 4) is 5.69 Å². The molecule has 0 radical (unpaired) electrons. The fourth-order valence-electron chi connectivity index (χ4n) is 4.84. The van der Waals surface area contributed by atoms with Crippen molar-refractivity contribution >= 4 is 39.1 Å². The van der Waals surface area contributed by atoms with Crippen LogP contribution in [0.4, 0.5) is 0 Å². The Morgan fingerprint density at radius 2 is 1.91 bits per heavy atom. The molecule has 170 valence electrons. The van der Waals surface area contributed by atoms with Crippen molar-refractivity contribution in [3.63, 3.8) is 0 Å². The first-order chi connectivity index (χ1) is 16.0. The van der Waals surface area contributed by atoms with Crippen LogP contribution < -0.4 is 5.56 Å². The number of fused-ring (bicyclic) bond motifs is 3. The lowest BCUT2D eigenvalue weighted by molar-refractivity contribution is 0.102. The second-order valence-electron chi connectivity index (χ2n) is 8.50. The SMILES string of the molecule is CCn1c(SCC(=O)c2cc(C)n(-c3ccccc3)c2C)nc2sc3c(c2c1=O)CCCC3.